The Kier molecular flexibility index (Phi) is 2.97. The van der Waals surface area contributed by atoms with Crippen molar-refractivity contribution in [3.8, 4) is 0 Å². The number of nitrogens with two attached hydrogens (primary N) is 1. The van der Waals surface area contributed by atoms with E-state index in [0.717, 1.165) is 0 Å². The normalized spacial score (nSPS) is 23.3. The van der Waals surface area contributed by atoms with Crippen LogP contribution in [0.25, 0.3) is 10.8 Å². The summed E-state index contributed by atoms with van der Waals surface area (Å²) in [5, 5.41) is 15.3. The van der Waals surface area contributed by atoms with E-state index < -0.39 is 12.0 Å². The maximum Gasteiger partial charge on any atom is 0.160 e. The van der Waals surface area contributed by atoms with Crippen LogP contribution in [-0.2, 0) is 4.79 Å². The number of quaternary nitrogens is 1. The van der Waals surface area contributed by atoms with Gasteiger partial charge in [0, 0.05) is 5.56 Å². The van der Waals surface area contributed by atoms with Crippen molar-refractivity contribution in [2.24, 2.45) is 0 Å². The topological polar surface area (TPSA) is 56.7 Å². The molecule has 0 aliphatic carbocycles. The average Bonchev–Trinajstić information content (AvgIpc) is 2.87. The van der Waals surface area contributed by atoms with Gasteiger partial charge in [-0.2, -0.15) is 0 Å². The lowest BCUT2D eigenvalue weighted by Crippen LogP contribution is -2.90. The molecule has 2 aromatic rings. The summed E-state index contributed by atoms with van der Waals surface area (Å²) in [5.41, 5.74) is 1.20. The van der Waals surface area contributed by atoms with Gasteiger partial charge in [0.25, 0.3) is 0 Å². The second-order valence-electron chi connectivity index (χ2n) is 4.44. The number of fused-ring (bicyclic) bond motifs is 1. The van der Waals surface area contributed by atoms with E-state index in [2.05, 4.69) is 24.3 Å². The van der Waals surface area contributed by atoms with E-state index >= 15 is 0 Å². The molecule has 0 unspecified atom stereocenters. The Labute approximate surface area is 109 Å². The molecule has 0 bridgehead atoms. The zero-order valence-electron chi connectivity index (χ0n) is 9.71. The lowest BCUT2D eigenvalue weighted by atomic mass is 10.0. The van der Waals surface area contributed by atoms with Crippen molar-refractivity contribution in [1.82, 2.24) is 0 Å². The highest BCUT2D eigenvalue weighted by atomic mass is 32.2. The minimum absolute atomic E-state index is 0.152. The van der Waals surface area contributed by atoms with Gasteiger partial charge in [0.15, 0.2) is 5.37 Å². The fraction of sp³-hybridized carbons (Fsp3) is 0.214. The maximum absolute atomic E-state index is 10.9. The van der Waals surface area contributed by atoms with Gasteiger partial charge in [0.2, 0.25) is 0 Å². The third-order valence-electron chi connectivity index (χ3n) is 3.30. The van der Waals surface area contributed by atoms with E-state index in [0.29, 0.717) is 5.75 Å². The molecule has 0 spiro atoms. The van der Waals surface area contributed by atoms with Crippen molar-refractivity contribution in [1.29, 1.82) is 0 Å². The van der Waals surface area contributed by atoms with E-state index in [-0.39, 0.29) is 5.37 Å². The molecule has 0 saturated carbocycles. The second kappa shape index (κ2) is 4.63. The van der Waals surface area contributed by atoms with Crippen molar-refractivity contribution in [3.05, 3.63) is 48.0 Å². The summed E-state index contributed by atoms with van der Waals surface area (Å²) in [6.07, 6.45) is 0. The van der Waals surface area contributed by atoms with Crippen LogP contribution in [0.3, 0.4) is 0 Å². The van der Waals surface area contributed by atoms with Gasteiger partial charge in [-0.05, 0) is 10.8 Å². The summed E-state index contributed by atoms with van der Waals surface area (Å²) in [5.74, 6) is -0.360. The van der Waals surface area contributed by atoms with E-state index in [1.165, 1.54) is 16.3 Å². The monoisotopic (exact) mass is 259 g/mol. The Morgan fingerprint density at radius 3 is 2.78 bits per heavy atom. The van der Waals surface area contributed by atoms with E-state index in [4.69, 9.17) is 0 Å². The predicted molar refractivity (Wildman–Crippen MR) is 69.9 cm³/mol. The molecule has 0 aromatic heterocycles. The number of aliphatic carboxylic acids is 1. The number of hydrogen-bond acceptors (Lipinski definition) is 3. The average molecular weight is 259 g/mol. The molecule has 3 rings (SSSR count). The zero-order chi connectivity index (χ0) is 12.5. The molecule has 2 aromatic carbocycles. The first-order chi connectivity index (χ1) is 8.75. The number of carbonyl (C=O) groups is 1. The highest BCUT2D eigenvalue weighted by Crippen LogP contribution is 2.31. The standard InChI is InChI=1S/C14H13NO2S/c16-14(17)12-8-18-13(15-12)11-7-3-5-9-4-1-2-6-10(9)11/h1-7,12-13,15H,8H2,(H,16,17)/t12-,13+/m1/s1. The molecule has 18 heavy (non-hydrogen) atoms. The number of benzene rings is 2. The number of hydrogen-bond donors (Lipinski definition) is 1. The number of thioether (sulfide) groups is 1. The van der Waals surface area contributed by atoms with Crippen molar-refractivity contribution in [2.75, 3.05) is 5.75 Å². The van der Waals surface area contributed by atoms with Crippen LogP contribution in [0.5, 0.6) is 0 Å². The van der Waals surface area contributed by atoms with Gasteiger partial charge >= 0.3 is 0 Å². The fourth-order valence-corrected chi connectivity index (χ4v) is 3.72. The lowest BCUT2D eigenvalue weighted by molar-refractivity contribution is -0.690. The van der Waals surface area contributed by atoms with Crippen LogP contribution in [0, 0.1) is 0 Å². The molecule has 1 saturated heterocycles. The van der Waals surface area contributed by atoms with Gasteiger partial charge in [0.05, 0.1) is 5.75 Å². The van der Waals surface area contributed by atoms with Gasteiger partial charge in [0.1, 0.15) is 12.0 Å². The fourth-order valence-electron chi connectivity index (χ4n) is 2.37. The Bertz CT molecular complexity index is 594. The third kappa shape index (κ3) is 1.98. The van der Waals surface area contributed by atoms with Crippen LogP contribution in [0.2, 0.25) is 0 Å². The summed E-state index contributed by atoms with van der Waals surface area (Å²) >= 11 is 1.67. The van der Waals surface area contributed by atoms with Gasteiger partial charge in [-0.1, -0.05) is 54.2 Å². The van der Waals surface area contributed by atoms with Crippen molar-refractivity contribution in [2.45, 2.75) is 11.4 Å². The van der Waals surface area contributed by atoms with E-state index in [1.807, 2.05) is 23.5 Å². The molecule has 3 nitrogen and oxygen atoms in total. The van der Waals surface area contributed by atoms with Crippen molar-refractivity contribution >= 4 is 28.5 Å². The number of carbonyl (C=O) groups excluding carboxylic acids is 1. The van der Waals surface area contributed by atoms with Gasteiger partial charge in [-0.15, -0.1) is 0 Å². The van der Waals surface area contributed by atoms with Crippen LogP contribution in [0.15, 0.2) is 42.5 Å². The molecule has 1 aliphatic heterocycles. The molecule has 2 N–H and O–H groups in total. The van der Waals surface area contributed by atoms with Crippen LogP contribution >= 0.6 is 11.8 Å². The molecule has 0 amide bonds. The first-order valence-corrected chi connectivity index (χ1v) is 6.96. The van der Waals surface area contributed by atoms with E-state index in [9.17, 15) is 9.90 Å². The smallest absolute Gasteiger partial charge is 0.160 e. The van der Waals surface area contributed by atoms with E-state index in [1.54, 1.807) is 11.8 Å². The quantitative estimate of drug-likeness (QED) is 0.842. The molecule has 1 heterocycles. The summed E-state index contributed by atoms with van der Waals surface area (Å²) in [4.78, 5) is 10.9. The molecule has 4 heteroatoms. The summed E-state index contributed by atoms with van der Waals surface area (Å²) in [6.45, 7) is 0. The minimum Gasteiger partial charge on any atom is -0.544 e. The van der Waals surface area contributed by atoms with Crippen LogP contribution < -0.4 is 10.4 Å². The molecule has 1 fully saturated rings. The predicted octanol–water partition coefficient (Wildman–Crippen LogP) is 0.267. The molecule has 0 radical (unpaired) electrons. The first kappa shape index (κ1) is 11.6. The van der Waals surface area contributed by atoms with Crippen molar-refractivity contribution < 1.29 is 15.2 Å². The van der Waals surface area contributed by atoms with Crippen LogP contribution in [-0.4, -0.2) is 17.8 Å². The Balaban J connectivity index is 1.98. The molecular formula is C14H13NO2S. The van der Waals surface area contributed by atoms with Gasteiger partial charge in [-0.3, -0.25) is 0 Å². The number of carboxylic acid groups (broad SMARTS) is 1. The second-order valence-corrected chi connectivity index (χ2v) is 5.61. The lowest BCUT2D eigenvalue weighted by Gasteiger charge is -2.13. The molecular weight excluding hydrogens is 246 g/mol. The number of rotatable bonds is 2. The summed E-state index contributed by atoms with van der Waals surface area (Å²) < 4.78 is 0. The van der Waals surface area contributed by atoms with Crippen LogP contribution in [0.4, 0.5) is 0 Å². The summed E-state index contributed by atoms with van der Waals surface area (Å²) in [6, 6.07) is 13.9. The molecule has 2 atom stereocenters. The highest BCUT2D eigenvalue weighted by molar-refractivity contribution is 7.99. The van der Waals surface area contributed by atoms with Crippen LogP contribution in [0.1, 0.15) is 10.9 Å². The third-order valence-corrected chi connectivity index (χ3v) is 4.62. The van der Waals surface area contributed by atoms with Crippen molar-refractivity contribution in [3.63, 3.8) is 0 Å². The molecule has 92 valence electrons. The zero-order valence-corrected chi connectivity index (χ0v) is 10.5. The highest BCUT2D eigenvalue weighted by Gasteiger charge is 2.31. The van der Waals surface area contributed by atoms with Gasteiger partial charge in [-0.25, -0.2) is 0 Å². The SMILES string of the molecule is O=C([O-])[C@H]1CS[C@@H](c2cccc3ccccc23)[NH2+]1. The number of carboxylic acids is 1. The maximum atomic E-state index is 10.9. The van der Waals surface area contributed by atoms with Gasteiger partial charge < -0.3 is 15.2 Å². The minimum atomic E-state index is -0.967. The molecule has 1 aliphatic rings. The Morgan fingerprint density at radius 2 is 2.00 bits per heavy atom. The first-order valence-electron chi connectivity index (χ1n) is 5.91. The Morgan fingerprint density at radius 1 is 1.22 bits per heavy atom. The largest absolute Gasteiger partial charge is 0.544 e. The Hall–Kier alpha value is -1.52. The summed E-state index contributed by atoms with van der Waals surface area (Å²) in [7, 11) is 0.